The molecule has 1 aromatic heterocycles. The van der Waals surface area contributed by atoms with Crippen LogP contribution in [0.1, 0.15) is 5.89 Å². The van der Waals surface area contributed by atoms with Crippen molar-refractivity contribution in [3.05, 3.63) is 54.4 Å². The number of rotatable bonds is 6. The third-order valence-corrected chi connectivity index (χ3v) is 2.92. The largest absolute Gasteiger partial charge is 0.491 e. The molecule has 0 aliphatic heterocycles. The SMILES string of the molecule is Nc1ccc2oc(COCCOc3ccccc3)nc2c1. The van der Waals surface area contributed by atoms with Crippen molar-refractivity contribution < 1.29 is 13.9 Å². The molecule has 0 radical (unpaired) electrons. The van der Waals surface area contributed by atoms with E-state index in [0.29, 0.717) is 37.0 Å². The van der Waals surface area contributed by atoms with E-state index in [1.807, 2.05) is 30.3 Å². The predicted octanol–water partition coefficient (Wildman–Crippen LogP) is 3.01. The van der Waals surface area contributed by atoms with E-state index in [0.717, 1.165) is 11.3 Å². The van der Waals surface area contributed by atoms with Gasteiger partial charge in [0.15, 0.2) is 5.58 Å². The Morgan fingerprint density at radius 2 is 1.90 bits per heavy atom. The van der Waals surface area contributed by atoms with Crippen molar-refractivity contribution in [1.29, 1.82) is 0 Å². The molecule has 108 valence electrons. The summed E-state index contributed by atoms with van der Waals surface area (Å²) >= 11 is 0. The smallest absolute Gasteiger partial charge is 0.221 e. The van der Waals surface area contributed by atoms with Crippen LogP contribution < -0.4 is 10.5 Å². The van der Waals surface area contributed by atoms with Crippen LogP contribution in [0.15, 0.2) is 52.9 Å². The van der Waals surface area contributed by atoms with Crippen LogP contribution in [-0.4, -0.2) is 18.2 Å². The van der Waals surface area contributed by atoms with Gasteiger partial charge < -0.3 is 19.6 Å². The lowest BCUT2D eigenvalue weighted by molar-refractivity contribution is 0.0763. The molecule has 1 heterocycles. The number of ether oxygens (including phenoxy) is 2. The first kappa shape index (κ1) is 13.5. The first-order valence-corrected chi connectivity index (χ1v) is 6.72. The Balaban J connectivity index is 1.46. The average molecular weight is 284 g/mol. The summed E-state index contributed by atoms with van der Waals surface area (Å²) in [5.41, 5.74) is 7.82. The third kappa shape index (κ3) is 3.52. The molecule has 3 rings (SSSR count). The number of aromatic nitrogens is 1. The van der Waals surface area contributed by atoms with Gasteiger partial charge in [-0.05, 0) is 30.3 Å². The molecule has 0 saturated carbocycles. The molecule has 5 nitrogen and oxygen atoms in total. The number of anilines is 1. The van der Waals surface area contributed by atoms with Gasteiger partial charge in [0.05, 0.1) is 6.61 Å². The van der Waals surface area contributed by atoms with Gasteiger partial charge in [0.25, 0.3) is 0 Å². The summed E-state index contributed by atoms with van der Waals surface area (Å²) in [6.45, 7) is 1.26. The van der Waals surface area contributed by atoms with Crippen LogP contribution in [0.5, 0.6) is 5.75 Å². The maximum atomic E-state index is 5.70. The van der Waals surface area contributed by atoms with E-state index in [-0.39, 0.29) is 0 Å². The number of nitrogens with two attached hydrogens (primary N) is 1. The zero-order valence-electron chi connectivity index (χ0n) is 11.5. The summed E-state index contributed by atoms with van der Waals surface area (Å²) in [6.07, 6.45) is 0. The molecule has 5 heteroatoms. The minimum atomic E-state index is 0.312. The molecule has 0 fully saturated rings. The number of nitrogen functional groups attached to an aromatic ring is 1. The first-order chi connectivity index (χ1) is 10.3. The van der Waals surface area contributed by atoms with E-state index in [1.165, 1.54) is 0 Å². The van der Waals surface area contributed by atoms with E-state index in [1.54, 1.807) is 18.2 Å². The summed E-state index contributed by atoms with van der Waals surface area (Å²) in [6, 6.07) is 15.0. The average Bonchev–Trinajstić information content (AvgIpc) is 2.90. The van der Waals surface area contributed by atoms with Crippen molar-refractivity contribution in [2.45, 2.75) is 6.61 Å². The van der Waals surface area contributed by atoms with Crippen LogP contribution in [0.2, 0.25) is 0 Å². The van der Waals surface area contributed by atoms with Crippen molar-refractivity contribution in [2.24, 2.45) is 0 Å². The number of benzene rings is 2. The molecule has 2 N–H and O–H groups in total. The van der Waals surface area contributed by atoms with E-state index in [9.17, 15) is 0 Å². The number of para-hydroxylation sites is 1. The molecule has 21 heavy (non-hydrogen) atoms. The molecule has 0 saturated heterocycles. The lowest BCUT2D eigenvalue weighted by Gasteiger charge is -2.05. The van der Waals surface area contributed by atoms with Crippen molar-refractivity contribution in [3.63, 3.8) is 0 Å². The topological polar surface area (TPSA) is 70.5 Å². The Labute approximate surface area is 122 Å². The van der Waals surface area contributed by atoms with Crippen LogP contribution in [0.3, 0.4) is 0 Å². The van der Waals surface area contributed by atoms with Gasteiger partial charge in [-0.25, -0.2) is 4.98 Å². The van der Waals surface area contributed by atoms with Crippen LogP contribution >= 0.6 is 0 Å². The number of oxazole rings is 1. The molecule has 0 bridgehead atoms. The van der Waals surface area contributed by atoms with Crippen molar-refractivity contribution >= 4 is 16.8 Å². The Bertz CT molecular complexity index is 710. The zero-order valence-corrected chi connectivity index (χ0v) is 11.5. The molecule has 0 unspecified atom stereocenters. The molecular weight excluding hydrogens is 268 g/mol. The maximum Gasteiger partial charge on any atom is 0.221 e. The summed E-state index contributed by atoms with van der Waals surface area (Å²) in [4.78, 5) is 4.32. The highest BCUT2D eigenvalue weighted by Crippen LogP contribution is 2.18. The van der Waals surface area contributed by atoms with Crippen molar-refractivity contribution in [1.82, 2.24) is 4.98 Å². The highest BCUT2D eigenvalue weighted by molar-refractivity contribution is 5.76. The molecule has 2 aromatic carbocycles. The Kier molecular flexibility index (Phi) is 4.02. The van der Waals surface area contributed by atoms with Crippen molar-refractivity contribution in [2.75, 3.05) is 18.9 Å². The second-order valence-electron chi connectivity index (χ2n) is 4.55. The lowest BCUT2D eigenvalue weighted by atomic mass is 10.3. The van der Waals surface area contributed by atoms with Crippen LogP contribution in [0, 0.1) is 0 Å². The Hall–Kier alpha value is -2.53. The van der Waals surface area contributed by atoms with Gasteiger partial charge in [-0.2, -0.15) is 0 Å². The van der Waals surface area contributed by atoms with E-state index >= 15 is 0 Å². The Morgan fingerprint density at radius 3 is 2.76 bits per heavy atom. The second-order valence-corrected chi connectivity index (χ2v) is 4.55. The normalized spacial score (nSPS) is 10.9. The van der Waals surface area contributed by atoms with Gasteiger partial charge in [0, 0.05) is 5.69 Å². The zero-order chi connectivity index (χ0) is 14.5. The van der Waals surface area contributed by atoms with Crippen molar-refractivity contribution in [3.8, 4) is 5.75 Å². The standard InChI is InChI=1S/C16H16N2O3/c17-12-6-7-15-14(10-12)18-16(21-15)11-19-8-9-20-13-4-2-1-3-5-13/h1-7,10H,8-9,11,17H2. The minimum Gasteiger partial charge on any atom is -0.491 e. The number of nitrogens with zero attached hydrogens (tertiary/aromatic N) is 1. The number of hydrogen-bond donors (Lipinski definition) is 1. The fraction of sp³-hybridized carbons (Fsp3) is 0.188. The summed E-state index contributed by atoms with van der Waals surface area (Å²) in [5, 5.41) is 0. The van der Waals surface area contributed by atoms with Gasteiger partial charge in [-0.15, -0.1) is 0 Å². The summed E-state index contributed by atoms with van der Waals surface area (Å²) < 4.78 is 16.6. The quantitative estimate of drug-likeness (QED) is 0.556. The molecule has 0 aliphatic rings. The van der Waals surface area contributed by atoms with E-state index in [4.69, 9.17) is 19.6 Å². The molecule has 0 amide bonds. The molecular formula is C16H16N2O3. The molecule has 0 aliphatic carbocycles. The minimum absolute atomic E-state index is 0.312. The van der Waals surface area contributed by atoms with Gasteiger partial charge in [0.2, 0.25) is 5.89 Å². The first-order valence-electron chi connectivity index (χ1n) is 6.72. The second kappa shape index (κ2) is 6.28. The van der Waals surface area contributed by atoms with Crippen LogP contribution in [0.25, 0.3) is 11.1 Å². The third-order valence-electron chi connectivity index (χ3n) is 2.92. The maximum absolute atomic E-state index is 5.70. The monoisotopic (exact) mass is 284 g/mol. The Morgan fingerprint density at radius 1 is 1.05 bits per heavy atom. The highest BCUT2D eigenvalue weighted by atomic mass is 16.5. The van der Waals surface area contributed by atoms with Crippen LogP contribution in [0.4, 0.5) is 5.69 Å². The van der Waals surface area contributed by atoms with Gasteiger partial charge in [0.1, 0.15) is 24.5 Å². The number of hydrogen-bond acceptors (Lipinski definition) is 5. The summed E-state index contributed by atoms with van der Waals surface area (Å²) in [5.74, 6) is 1.37. The van der Waals surface area contributed by atoms with Gasteiger partial charge >= 0.3 is 0 Å². The fourth-order valence-electron chi connectivity index (χ4n) is 1.95. The molecule has 0 spiro atoms. The molecule has 0 atom stereocenters. The fourth-order valence-corrected chi connectivity index (χ4v) is 1.95. The lowest BCUT2D eigenvalue weighted by Crippen LogP contribution is -2.06. The van der Waals surface area contributed by atoms with Crippen LogP contribution in [-0.2, 0) is 11.3 Å². The number of fused-ring (bicyclic) bond motifs is 1. The summed E-state index contributed by atoms with van der Waals surface area (Å²) in [7, 11) is 0. The van der Waals surface area contributed by atoms with E-state index in [2.05, 4.69) is 4.98 Å². The molecule has 3 aromatic rings. The van der Waals surface area contributed by atoms with Gasteiger partial charge in [-0.1, -0.05) is 18.2 Å². The van der Waals surface area contributed by atoms with Gasteiger partial charge in [-0.3, -0.25) is 0 Å². The van der Waals surface area contributed by atoms with E-state index < -0.39 is 0 Å². The predicted molar refractivity (Wildman–Crippen MR) is 80.0 cm³/mol. The highest BCUT2D eigenvalue weighted by Gasteiger charge is 2.05.